The molecule has 2 heterocycles. The first-order chi connectivity index (χ1) is 15.7. The van der Waals surface area contributed by atoms with Crippen LogP contribution in [0.1, 0.15) is 45.6 Å². The molecular weight excluding hydrogens is 436 g/mol. The molecule has 0 bridgehead atoms. The number of hydrogen-bond acceptors (Lipinski definition) is 5. The number of ketones is 1. The van der Waals surface area contributed by atoms with Gasteiger partial charge in [-0.2, -0.15) is 0 Å². The van der Waals surface area contributed by atoms with Crippen LogP contribution in [-0.4, -0.2) is 21.1 Å². The first-order valence-electron chi connectivity index (χ1n) is 11.0. The fraction of sp³-hybridized carbons (Fsp3) is 0.269. The third-order valence-electron chi connectivity index (χ3n) is 5.90. The van der Waals surface area contributed by atoms with Gasteiger partial charge >= 0.3 is 0 Å². The smallest absolute Gasteiger partial charge is 0.263 e. The summed E-state index contributed by atoms with van der Waals surface area (Å²) < 4.78 is 1.76. The zero-order valence-electron chi connectivity index (χ0n) is 17.8. The Labute approximate surface area is 195 Å². The highest BCUT2D eigenvalue weighted by atomic mass is 32.2. The molecule has 0 atom stereocenters. The van der Waals surface area contributed by atoms with Gasteiger partial charge in [-0.05, 0) is 36.8 Å². The second-order valence-corrected chi connectivity index (χ2v) is 10.1. The minimum Gasteiger partial charge on any atom is -0.293 e. The van der Waals surface area contributed by atoms with E-state index in [0.29, 0.717) is 17.3 Å². The van der Waals surface area contributed by atoms with E-state index in [1.54, 1.807) is 15.9 Å². The Morgan fingerprint density at radius 1 is 0.969 bits per heavy atom. The molecule has 0 radical (unpaired) electrons. The van der Waals surface area contributed by atoms with Crippen LogP contribution in [0.15, 0.2) is 70.6 Å². The number of Topliss-reactive ketones (excluding diaryl/α,β-unsaturated/α-hetero) is 1. The van der Waals surface area contributed by atoms with E-state index < -0.39 is 0 Å². The summed E-state index contributed by atoms with van der Waals surface area (Å²) >= 11 is 3.02. The van der Waals surface area contributed by atoms with E-state index in [1.807, 2.05) is 60.7 Å². The van der Waals surface area contributed by atoms with E-state index in [-0.39, 0.29) is 17.1 Å². The number of thiophene rings is 1. The third kappa shape index (κ3) is 4.30. The molecule has 0 saturated heterocycles. The van der Waals surface area contributed by atoms with Crippen LogP contribution in [0.2, 0.25) is 0 Å². The van der Waals surface area contributed by atoms with E-state index in [4.69, 9.17) is 4.98 Å². The first-order valence-corrected chi connectivity index (χ1v) is 12.8. The van der Waals surface area contributed by atoms with Gasteiger partial charge in [0.25, 0.3) is 5.56 Å². The minimum absolute atomic E-state index is 0.0212. The van der Waals surface area contributed by atoms with Gasteiger partial charge in [-0.15, -0.1) is 11.3 Å². The zero-order chi connectivity index (χ0) is 21.9. The number of carbonyl (C=O) groups excluding carboxylic acids is 1. The van der Waals surface area contributed by atoms with Crippen molar-refractivity contribution >= 4 is 39.1 Å². The molecule has 32 heavy (non-hydrogen) atoms. The molecule has 4 aromatic rings. The lowest BCUT2D eigenvalue weighted by atomic mass is 10.1. The molecule has 4 nitrogen and oxygen atoms in total. The normalized spacial score (nSPS) is 13.6. The first kappa shape index (κ1) is 21.2. The number of rotatable bonds is 6. The van der Waals surface area contributed by atoms with E-state index in [0.717, 1.165) is 35.0 Å². The molecule has 0 aliphatic heterocycles. The van der Waals surface area contributed by atoms with Gasteiger partial charge in [0.05, 0.1) is 17.7 Å². The molecule has 0 fully saturated rings. The van der Waals surface area contributed by atoms with Gasteiger partial charge in [0.15, 0.2) is 10.9 Å². The lowest BCUT2D eigenvalue weighted by Crippen LogP contribution is -2.24. The predicted octanol–water partition coefficient (Wildman–Crippen LogP) is 5.75. The van der Waals surface area contributed by atoms with Crippen LogP contribution in [-0.2, 0) is 19.4 Å². The van der Waals surface area contributed by atoms with Crippen LogP contribution in [0.4, 0.5) is 0 Å². The highest BCUT2D eigenvalue weighted by Gasteiger charge is 2.22. The van der Waals surface area contributed by atoms with Crippen LogP contribution in [0.25, 0.3) is 10.2 Å². The van der Waals surface area contributed by atoms with Crippen molar-refractivity contribution in [3.05, 3.63) is 92.6 Å². The molecule has 6 heteroatoms. The lowest BCUT2D eigenvalue weighted by Gasteiger charge is -2.12. The molecule has 0 unspecified atom stereocenters. The molecule has 1 aliphatic rings. The molecule has 0 amide bonds. The molecule has 0 N–H and O–H groups in total. The Kier molecular flexibility index (Phi) is 6.23. The van der Waals surface area contributed by atoms with Crippen molar-refractivity contribution < 1.29 is 4.79 Å². The van der Waals surface area contributed by atoms with Gasteiger partial charge in [-0.1, -0.05) is 78.8 Å². The maximum absolute atomic E-state index is 13.7. The van der Waals surface area contributed by atoms with Crippen molar-refractivity contribution in [2.75, 3.05) is 5.75 Å². The molecule has 2 aromatic heterocycles. The summed E-state index contributed by atoms with van der Waals surface area (Å²) in [5, 5.41) is 1.41. The fourth-order valence-electron chi connectivity index (χ4n) is 4.25. The average molecular weight is 461 g/mol. The van der Waals surface area contributed by atoms with Crippen molar-refractivity contribution in [1.82, 2.24) is 9.55 Å². The molecular formula is C26H24N2O2S2. The van der Waals surface area contributed by atoms with Crippen LogP contribution in [0, 0.1) is 0 Å². The highest BCUT2D eigenvalue weighted by Crippen LogP contribution is 2.34. The summed E-state index contributed by atoms with van der Waals surface area (Å²) in [6.07, 6.45) is 5.49. The van der Waals surface area contributed by atoms with Crippen molar-refractivity contribution in [1.29, 1.82) is 0 Å². The van der Waals surface area contributed by atoms with E-state index in [2.05, 4.69) is 0 Å². The van der Waals surface area contributed by atoms with Gasteiger partial charge in [0, 0.05) is 10.4 Å². The minimum atomic E-state index is 0.0212. The van der Waals surface area contributed by atoms with Gasteiger partial charge in [0.2, 0.25) is 0 Å². The Morgan fingerprint density at radius 3 is 2.47 bits per heavy atom. The molecule has 0 spiro atoms. The van der Waals surface area contributed by atoms with E-state index >= 15 is 0 Å². The summed E-state index contributed by atoms with van der Waals surface area (Å²) in [6, 6.07) is 19.3. The Hall–Kier alpha value is -2.70. The highest BCUT2D eigenvalue weighted by molar-refractivity contribution is 7.99. The Morgan fingerprint density at radius 2 is 1.69 bits per heavy atom. The Balaban J connectivity index is 1.56. The number of carbonyl (C=O) groups is 1. The quantitative estimate of drug-likeness (QED) is 0.159. The van der Waals surface area contributed by atoms with Crippen LogP contribution in [0.3, 0.4) is 0 Å². The monoisotopic (exact) mass is 460 g/mol. The number of aryl methyl sites for hydroxylation is 2. The summed E-state index contributed by atoms with van der Waals surface area (Å²) in [4.78, 5) is 33.5. The maximum Gasteiger partial charge on any atom is 0.263 e. The molecule has 0 saturated carbocycles. The van der Waals surface area contributed by atoms with Crippen LogP contribution >= 0.6 is 23.1 Å². The third-order valence-corrected chi connectivity index (χ3v) is 8.06. The topological polar surface area (TPSA) is 52.0 Å². The van der Waals surface area contributed by atoms with E-state index in [9.17, 15) is 9.59 Å². The summed E-state index contributed by atoms with van der Waals surface area (Å²) in [6.45, 7) is 0.453. The van der Waals surface area contributed by atoms with Crippen molar-refractivity contribution in [3.8, 4) is 0 Å². The average Bonchev–Trinajstić information content (AvgIpc) is 3.01. The standard InChI is InChI=1S/C26H24N2O2S2/c29-21(19-12-6-2-7-13-19)17-31-26-27-24-23(20-14-8-3-9-15-22(20)32-24)25(30)28(26)16-18-10-4-1-5-11-18/h1-2,4-7,10-13H,3,8-9,14-17H2. The van der Waals surface area contributed by atoms with Gasteiger partial charge < -0.3 is 0 Å². The molecule has 1 aliphatic carbocycles. The Bertz CT molecular complexity index is 1310. The maximum atomic E-state index is 13.7. The second kappa shape index (κ2) is 9.43. The number of nitrogens with zero attached hydrogens (tertiary/aromatic N) is 2. The molecule has 2 aromatic carbocycles. The van der Waals surface area contributed by atoms with E-state index in [1.165, 1.54) is 35.0 Å². The number of fused-ring (bicyclic) bond motifs is 3. The second-order valence-electron chi connectivity index (χ2n) is 8.09. The molecule has 162 valence electrons. The predicted molar refractivity (Wildman–Crippen MR) is 132 cm³/mol. The number of hydrogen-bond donors (Lipinski definition) is 0. The van der Waals surface area contributed by atoms with Gasteiger partial charge in [0.1, 0.15) is 4.83 Å². The van der Waals surface area contributed by atoms with Crippen LogP contribution in [0.5, 0.6) is 0 Å². The van der Waals surface area contributed by atoms with Crippen molar-refractivity contribution in [3.63, 3.8) is 0 Å². The number of thioether (sulfide) groups is 1. The summed E-state index contributed by atoms with van der Waals surface area (Å²) in [5.74, 6) is 0.292. The molecule has 5 rings (SSSR count). The lowest BCUT2D eigenvalue weighted by molar-refractivity contribution is 0.102. The summed E-state index contributed by atoms with van der Waals surface area (Å²) in [7, 11) is 0. The van der Waals surface area contributed by atoms with Crippen LogP contribution < -0.4 is 5.56 Å². The largest absolute Gasteiger partial charge is 0.293 e. The summed E-state index contributed by atoms with van der Waals surface area (Å²) in [5.41, 5.74) is 2.96. The van der Waals surface area contributed by atoms with Crippen molar-refractivity contribution in [2.45, 2.75) is 43.8 Å². The number of aromatic nitrogens is 2. The van der Waals surface area contributed by atoms with Crippen molar-refractivity contribution in [2.24, 2.45) is 0 Å². The SMILES string of the molecule is O=C(CSc1nc2sc3c(c2c(=O)n1Cc1ccccc1)CCCCC3)c1ccccc1. The van der Waals surface area contributed by atoms with Gasteiger partial charge in [-0.3, -0.25) is 14.2 Å². The zero-order valence-corrected chi connectivity index (χ0v) is 19.4. The number of benzene rings is 2. The fourth-order valence-corrected chi connectivity index (χ4v) is 6.45. The van der Waals surface area contributed by atoms with Gasteiger partial charge in [-0.25, -0.2) is 4.98 Å².